The van der Waals surface area contributed by atoms with Gasteiger partial charge in [0.15, 0.2) is 0 Å². The smallest absolute Gasteiger partial charge is 0.206 e. The highest BCUT2D eigenvalue weighted by Crippen LogP contribution is 2.63. The van der Waals surface area contributed by atoms with Gasteiger partial charge in [0.2, 0.25) is 5.96 Å². The summed E-state index contributed by atoms with van der Waals surface area (Å²) in [6.45, 7) is 7.19. The molecule has 0 amide bonds. The SMILES string of the molecule is CC12CCC(C1)C(C)(C)C2N=C(NN)NC1CCCC1. The number of guanidine groups is 1. The van der Waals surface area contributed by atoms with E-state index in [9.17, 15) is 0 Å². The number of hydrazine groups is 1. The van der Waals surface area contributed by atoms with Crippen LogP contribution in [0.3, 0.4) is 0 Å². The van der Waals surface area contributed by atoms with Gasteiger partial charge in [0.05, 0.1) is 6.04 Å². The molecule has 4 nitrogen and oxygen atoms in total. The van der Waals surface area contributed by atoms with Crippen LogP contribution < -0.4 is 16.6 Å². The number of rotatable bonds is 2. The zero-order valence-electron chi connectivity index (χ0n) is 13.2. The van der Waals surface area contributed by atoms with E-state index in [0.29, 0.717) is 22.9 Å². The van der Waals surface area contributed by atoms with E-state index >= 15 is 0 Å². The lowest BCUT2D eigenvalue weighted by Crippen LogP contribution is -2.49. The fourth-order valence-corrected chi connectivity index (χ4v) is 5.11. The molecule has 0 radical (unpaired) electrons. The third-order valence-corrected chi connectivity index (χ3v) is 6.28. The van der Waals surface area contributed by atoms with Crippen molar-refractivity contribution in [2.24, 2.45) is 27.6 Å². The minimum Gasteiger partial charge on any atom is -0.353 e. The molecule has 20 heavy (non-hydrogen) atoms. The van der Waals surface area contributed by atoms with E-state index in [4.69, 9.17) is 10.8 Å². The molecule has 4 N–H and O–H groups in total. The summed E-state index contributed by atoms with van der Waals surface area (Å²) in [5, 5.41) is 3.52. The molecular weight excluding hydrogens is 248 g/mol. The molecule has 0 heterocycles. The minimum atomic E-state index is 0.298. The normalized spacial score (nSPS) is 40.3. The van der Waals surface area contributed by atoms with Crippen LogP contribution in [-0.2, 0) is 0 Å². The van der Waals surface area contributed by atoms with Crippen LogP contribution in [0, 0.1) is 16.7 Å². The molecule has 0 spiro atoms. The van der Waals surface area contributed by atoms with Crippen molar-refractivity contribution in [1.29, 1.82) is 0 Å². The number of fused-ring (bicyclic) bond motifs is 2. The Kier molecular flexibility index (Phi) is 3.47. The first-order chi connectivity index (χ1) is 9.45. The summed E-state index contributed by atoms with van der Waals surface area (Å²) in [4.78, 5) is 5.03. The van der Waals surface area contributed by atoms with Crippen molar-refractivity contribution in [3.8, 4) is 0 Å². The van der Waals surface area contributed by atoms with E-state index in [1.54, 1.807) is 0 Å². The summed E-state index contributed by atoms with van der Waals surface area (Å²) < 4.78 is 0. The fourth-order valence-electron chi connectivity index (χ4n) is 5.11. The topological polar surface area (TPSA) is 62.4 Å². The minimum absolute atomic E-state index is 0.298. The molecular formula is C16H30N4. The Morgan fingerprint density at radius 2 is 1.85 bits per heavy atom. The Balaban J connectivity index is 1.77. The molecule has 0 aliphatic heterocycles. The summed E-state index contributed by atoms with van der Waals surface area (Å²) in [5.41, 5.74) is 3.48. The summed E-state index contributed by atoms with van der Waals surface area (Å²) in [6.07, 6.45) is 9.15. The highest BCUT2D eigenvalue weighted by atomic mass is 15.3. The van der Waals surface area contributed by atoms with Gasteiger partial charge in [-0.25, -0.2) is 10.8 Å². The Morgan fingerprint density at radius 1 is 1.15 bits per heavy atom. The molecule has 3 rings (SSSR count). The van der Waals surface area contributed by atoms with Gasteiger partial charge in [0, 0.05) is 6.04 Å². The molecule has 0 aromatic heterocycles. The van der Waals surface area contributed by atoms with Gasteiger partial charge < -0.3 is 5.32 Å². The maximum absolute atomic E-state index is 5.72. The predicted molar refractivity (Wildman–Crippen MR) is 83.2 cm³/mol. The van der Waals surface area contributed by atoms with Gasteiger partial charge in [0.25, 0.3) is 0 Å². The van der Waals surface area contributed by atoms with Gasteiger partial charge in [-0.05, 0) is 48.9 Å². The van der Waals surface area contributed by atoms with E-state index in [0.717, 1.165) is 11.9 Å². The zero-order chi connectivity index (χ0) is 14.4. The lowest BCUT2D eigenvalue weighted by Gasteiger charge is -2.40. The van der Waals surface area contributed by atoms with Crippen LogP contribution in [0.25, 0.3) is 0 Å². The van der Waals surface area contributed by atoms with Crippen LogP contribution in [-0.4, -0.2) is 18.0 Å². The van der Waals surface area contributed by atoms with Crippen LogP contribution in [0.5, 0.6) is 0 Å². The molecule has 3 unspecified atom stereocenters. The second kappa shape index (κ2) is 4.90. The molecule has 0 aromatic carbocycles. The van der Waals surface area contributed by atoms with E-state index in [2.05, 4.69) is 31.5 Å². The van der Waals surface area contributed by atoms with Gasteiger partial charge >= 0.3 is 0 Å². The monoisotopic (exact) mass is 278 g/mol. The zero-order valence-corrected chi connectivity index (χ0v) is 13.2. The van der Waals surface area contributed by atoms with E-state index in [1.807, 2.05) is 0 Å². The standard InChI is InChI=1S/C16H30N4/c1-15(2)11-8-9-16(3,10-11)13(15)19-14(20-17)18-12-6-4-5-7-12/h11-13H,4-10,17H2,1-3H3,(H2,18,19,20). The van der Waals surface area contributed by atoms with Crippen molar-refractivity contribution in [2.75, 3.05) is 0 Å². The first kappa shape index (κ1) is 14.2. The van der Waals surface area contributed by atoms with Crippen molar-refractivity contribution >= 4 is 5.96 Å². The number of hydrogen-bond acceptors (Lipinski definition) is 2. The number of nitrogens with zero attached hydrogens (tertiary/aromatic N) is 1. The molecule has 4 heteroatoms. The highest BCUT2D eigenvalue weighted by molar-refractivity contribution is 5.79. The second-order valence-corrected chi connectivity index (χ2v) is 8.07. The Hall–Kier alpha value is -0.770. The van der Waals surface area contributed by atoms with Crippen molar-refractivity contribution in [3.63, 3.8) is 0 Å². The summed E-state index contributed by atoms with van der Waals surface area (Å²) in [7, 11) is 0. The first-order valence-corrected chi connectivity index (χ1v) is 8.27. The quantitative estimate of drug-likeness (QED) is 0.315. The Morgan fingerprint density at radius 3 is 2.40 bits per heavy atom. The number of nitrogens with two attached hydrogens (primary N) is 1. The second-order valence-electron chi connectivity index (χ2n) is 8.07. The summed E-state index contributed by atoms with van der Waals surface area (Å²) in [5.74, 6) is 7.35. The molecule has 2 bridgehead atoms. The lowest BCUT2D eigenvalue weighted by molar-refractivity contribution is 0.142. The van der Waals surface area contributed by atoms with Gasteiger partial charge in [-0.3, -0.25) is 5.43 Å². The Bertz CT molecular complexity index is 393. The van der Waals surface area contributed by atoms with Crippen LogP contribution >= 0.6 is 0 Å². The van der Waals surface area contributed by atoms with Crippen LogP contribution in [0.1, 0.15) is 65.7 Å². The van der Waals surface area contributed by atoms with Gasteiger partial charge in [0.1, 0.15) is 0 Å². The third-order valence-electron chi connectivity index (χ3n) is 6.28. The molecule has 3 atom stereocenters. The predicted octanol–water partition coefficient (Wildman–Crippen LogP) is 2.55. The number of hydrogen-bond donors (Lipinski definition) is 3. The van der Waals surface area contributed by atoms with Crippen molar-refractivity contribution in [1.82, 2.24) is 10.7 Å². The maximum atomic E-state index is 5.72. The van der Waals surface area contributed by atoms with Gasteiger partial charge in [-0.15, -0.1) is 0 Å². The molecule has 3 aliphatic carbocycles. The van der Waals surface area contributed by atoms with E-state index in [-0.39, 0.29) is 0 Å². The van der Waals surface area contributed by atoms with Crippen LogP contribution in [0.15, 0.2) is 4.99 Å². The number of nitrogens with one attached hydrogen (secondary N) is 2. The van der Waals surface area contributed by atoms with Crippen molar-refractivity contribution in [2.45, 2.75) is 77.8 Å². The highest BCUT2D eigenvalue weighted by Gasteiger charge is 2.59. The molecule has 0 saturated heterocycles. The van der Waals surface area contributed by atoms with Crippen LogP contribution in [0.2, 0.25) is 0 Å². The Labute approximate surface area is 123 Å². The average Bonchev–Trinajstić information content (AvgIpc) is 3.06. The molecule has 3 aliphatic rings. The van der Waals surface area contributed by atoms with Gasteiger partial charge in [-0.2, -0.15) is 0 Å². The van der Waals surface area contributed by atoms with Crippen molar-refractivity contribution in [3.05, 3.63) is 0 Å². The molecule has 114 valence electrons. The summed E-state index contributed by atoms with van der Waals surface area (Å²) >= 11 is 0. The van der Waals surface area contributed by atoms with E-state index in [1.165, 1.54) is 44.9 Å². The molecule has 3 fully saturated rings. The van der Waals surface area contributed by atoms with E-state index < -0.39 is 0 Å². The van der Waals surface area contributed by atoms with Gasteiger partial charge in [-0.1, -0.05) is 33.6 Å². The van der Waals surface area contributed by atoms with Crippen LogP contribution in [0.4, 0.5) is 0 Å². The third kappa shape index (κ3) is 2.22. The largest absolute Gasteiger partial charge is 0.353 e. The maximum Gasteiger partial charge on any atom is 0.206 e. The average molecular weight is 278 g/mol. The first-order valence-electron chi connectivity index (χ1n) is 8.27. The fraction of sp³-hybridized carbons (Fsp3) is 0.938. The molecule has 3 saturated carbocycles. The number of aliphatic imine (C=N–C) groups is 1. The lowest BCUT2D eigenvalue weighted by atomic mass is 9.69. The van der Waals surface area contributed by atoms with Crippen molar-refractivity contribution < 1.29 is 0 Å². The summed E-state index contributed by atoms with van der Waals surface area (Å²) in [6, 6.07) is 0.938. The molecule has 0 aromatic rings.